The highest BCUT2D eigenvalue weighted by Crippen LogP contribution is 2.17. The molecule has 0 aliphatic heterocycles. The van der Waals surface area contributed by atoms with Crippen molar-refractivity contribution in [3.8, 4) is 5.75 Å². The Morgan fingerprint density at radius 3 is 2.84 bits per heavy atom. The number of nitrogens with one attached hydrogen (secondary N) is 1. The molecule has 19 heavy (non-hydrogen) atoms. The Bertz CT molecular complexity index is 424. The van der Waals surface area contributed by atoms with Gasteiger partial charge in [0.2, 0.25) is 0 Å². The van der Waals surface area contributed by atoms with Gasteiger partial charge in [-0.1, -0.05) is 13.3 Å². The third-order valence-corrected chi connectivity index (χ3v) is 2.68. The second kappa shape index (κ2) is 7.74. The third kappa shape index (κ3) is 5.26. The molecule has 0 bridgehead atoms. The Balaban J connectivity index is 2.58. The Morgan fingerprint density at radius 1 is 1.47 bits per heavy atom. The summed E-state index contributed by atoms with van der Waals surface area (Å²) in [5.41, 5.74) is 6.09. The fraction of sp³-hybridized carbons (Fsp3) is 0.500. The monoisotopic (exact) mass is 268 g/mol. The molecule has 1 amide bonds. The van der Waals surface area contributed by atoms with Gasteiger partial charge in [-0.25, -0.2) is 4.39 Å². The van der Waals surface area contributed by atoms with Crippen LogP contribution in [0.15, 0.2) is 18.2 Å². The van der Waals surface area contributed by atoms with Gasteiger partial charge in [0, 0.05) is 19.2 Å². The second-order valence-corrected chi connectivity index (χ2v) is 4.40. The maximum absolute atomic E-state index is 13.3. The summed E-state index contributed by atoms with van der Waals surface area (Å²) in [6, 6.07) is 4.23. The molecule has 1 aromatic carbocycles. The van der Waals surface area contributed by atoms with Gasteiger partial charge in [0.25, 0.3) is 5.91 Å². The summed E-state index contributed by atoms with van der Waals surface area (Å²) in [5, 5.41) is 2.76. The molecule has 0 heterocycles. The third-order valence-electron chi connectivity index (χ3n) is 2.68. The van der Waals surface area contributed by atoms with Crippen molar-refractivity contribution in [1.29, 1.82) is 0 Å². The van der Waals surface area contributed by atoms with Crippen LogP contribution >= 0.6 is 0 Å². The zero-order chi connectivity index (χ0) is 14.3. The molecular formula is C14H21FN2O2. The quantitative estimate of drug-likeness (QED) is 0.743. The van der Waals surface area contributed by atoms with Crippen LogP contribution in [0.25, 0.3) is 0 Å². The van der Waals surface area contributed by atoms with Gasteiger partial charge in [0.15, 0.2) is 6.10 Å². The minimum Gasteiger partial charge on any atom is -0.481 e. The molecule has 3 N–H and O–H groups in total. The van der Waals surface area contributed by atoms with Crippen LogP contribution in [-0.2, 0) is 11.3 Å². The van der Waals surface area contributed by atoms with Crippen molar-refractivity contribution in [1.82, 2.24) is 5.32 Å². The van der Waals surface area contributed by atoms with E-state index in [1.54, 1.807) is 13.0 Å². The van der Waals surface area contributed by atoms with Crippen molar-refractivity contribution in [2.45, 2.75) is 39.3 Å². The number of carbonyl (C=O) groups excluding carboxylic acids is 1. The standard InChI is InChI=1S/C14H21FN2O2/c1-3-4-5-17-14(18)10(2)19-13-7-11(9-16)6-12(15)8-13/h6-8,10H,3-5,9,16H2,1-2H3,(H,17,18). The van der Waals surface area contributed by atoms with E-state index in [4.69, 9.17) is 10.5 Å². The first kappa shape index (κ1) is 15.4. The fourth-order valence-corrected chi connectivity index (χ4v) is 1.60. The van der Waals surface area contributed by atoms with Crippen molar-refractivity contribution in [2.24, 2.45) is 5.73 Å². The predicted molar refractivity (Wildman–Crippen MR) is 72.3 cm³/mol. The molecule has 106 valence electrons. The number of carbonyl (C=O) groups is 1. The van der Waals surface area contributed by atoms with E-state index in [2.05, 4.69) is 5.32 Å². The summed E-state index contributed by atoms with van der Waals surface area (Å²) in [7, 11) is 0. The SMILES string of the molecule is CCCCNC(=O)C(C)Oc1cc(F)cc(CN)c1. The molecule has 4 nitrogen and oxygen atoms in total. The van der Waals surface area contributed by atoms with Crippen LogP contribution in [0.3, 0.4) is 0 Å². The summed E-state index contributed by atoms with van der Waals surface area (Å²) in [6.07, 6.45) is 1.28. The minimum atomic E-state index is -0.663. The van der Waals surface area contributed by atoms with Crippen LogP contribution in [0.5, 0.6) is 5.75 Å². The smallest absolute Gasteiger partial charge is 0.260 e. The van der Waals surface area contributed by atoms with Crippen molar-refractivity contribution < 1.29 is 13.9 Å². The molecular weight excluding hydrogens is 247 g/mol. The van der Waals surface area contributed by atoms with Gasteiger partial charge in [0.05, 0.1) is 0 Å². The number of nitrogens with two attached hydrogens (primary N) is 1. The Hall–Kier alpha value is -1.62. The maximum Gasteiger partial charge on any atom is 0.260 e. The van der Waals surface area contributed by atoms with Crippen LogP contribution in [0.1, 0.15) is 32.3 Å². The zero-order valence-corrected chi connectivity index (χ0v) is 11.4. The topological polar surface area (TPSA) is 64.3 Å². The number of halogens is 1. The van der Waals surface area contributed by atoms with E-state index >= 15 is 0 Å². The highest BCUT2D eigenvalue weighted by atomic mass is 19.1. The van der Waals surface area contributed by atoms with Gasteiger partial charge in [-0.15, -0.1) is 0 Å². The lowest BCUT2D eigenvalue weighted by Gasteiger charge is -2.15. The lowest BCUT2D eigenvalue weighted by Crippen LogP contribution is -2.36. The molecule has 0 fully saturated rings. The number of ether oxygens (including phenoxy) is 1. The van der Waals surface area contributed by atoms with Crippen LogP contribution in [0, 0.1) is 5.82 Å². The van der Waals surface area contributed by atoms with Gasteiger partial charge in [-0.3, -0.25) is 4.79 Å². The Morgan fingerprint density at radius 2 is 2.21 bits per heavy atom. The highest BCUT2D eigenvalue weighted by molar-refractivity contribution is 5.80. The molecule has 1 unspecified atom stereocenters. The molecule has 0 aromatic heterocycles. The molecule has 1 atom stereocenters. The molecule has 1 rings (SSSR count). The van der Waals surface area contributed by atoms with E-state index in [-0.39, 0.29) is 12.5 Å². The van der Waals surface area contributed by atoms with Crippen LogP contribution in [-0.4, -0.2) is 18.6 Å². The first-order valence-corrected chi connectivity index (χ1v) is 6.50. The Labute approximate surface area is 113 Å². The lowest BCUT2D eigenvalue weighted by atomic mass is 10.2. The Kier molecular flexibility index (Phi) is 6.29. The molecule has 0 aliphatic carbocycles. The molecule has 0 saturated heterocycles. The van der Waals surface area contributed by atoms with E-state index in [0.29, 0.717) is 17.9 Å². The van der Waals surface area contributed by atoms with Crippen molar-refractivity contribution >= 4 is 5.91 Å². The number of rotatable bonds is 7. The number of unbranched alkanes of at least 4 members (excludes halogenated alkanes) is 1. The summed E-state index contributed by atoms with van der Waals surface area (Å²) in [5.74, 6) is -0.304. The van der Waals surface area contributed by atoms with Gasteiger partial charge in [-0.05, 0) is 31.0 Å². The first-order valence-electron chi connectivity index (χ1n) is 6.50. The van der Waals surface area contributed by atoms with E-state index in [1.807, 2.05) is 6.92 Å². The molecule has 0 aliphatic rings. The molecule has 0 saturated carbocycles. The molecule has 1 aromatic rings. The number of hydrogen-bond acceptors (Lipinski definition) is 3. The molecule has 5 heteroatoms. The van der Waals surface area contributed by atoms with Gasteiger partial charge >= 0.3 is 0 Å². The van der Waals surface area contributed by atoms with Crippen molar-refractivity contribution in [3.63, 3.8) is 0 Å². The van der Waals surface area contributed by atoms with Crippen molar-refractivity contribution in [3.05, 3.63) is 29.6 Å². The fourth-order valence-electron chi connectivity index (χ4n) is 1.60. The summed E-state index contributed by atoms with van der Waals surface area (Å²) in [6.45, 7) is 4.53. The normalized spacial score (nSPS) is 12.0. The summed E-state index contributed by atoms with van der Waals surface area (Å²) >= 11 is 0. The number of benzene rings is 1. The summed E-state index contributed by atoms with van der Waals surface area (Å²) < 4.78 is 18.7. The largest absolute Gasteiger partial charge is 0.481 e. The first-order chi connectivity index (χ1) is 9.06. The lowest BCUT2D eigenvalue weighted by molar-refractivity contribution is -0.127. The van der Waals surface area contributed by atoms with Crippen molar-refractivity contribution in [2.75, 3.05) is 6.54 Å². The van der Waals surface area contributed by atoms with Gasteiger partial charge in [0.1, 0.15) is 11.6 Å². The van der Waals surface area contributed by atoms with Crippen LogP contribution in [0.4, 0.5) is 4.39 Å². The van der Waals surface area contributed by atoms with E-state index < -0.39 is 11.9 Å². The minimum absolute atomic E-state index is 0.202. The number of amides is 1. The maximum atomic E-state index is 13.3. The van der Waals surface area contributed by atoms with E-state index in [1.165, 1.54) is 12.1 Å². The highest BCUT2D eigenvalue weighted by Gasteiger charge is 2.14. The average molecular weight is 268 g/mol. The van der Waals surface area contributed by atoms with E-state index in [9.17, 15) is 9.18 Å². The van der Waals surface area contributed by atoms with Crippen LogP contribution in [0.2, 0.25) is 0 Å². The summed E-state index contributed by atoms with van der Waals surface area (Å²) in [4.78, 5) is 11.7. The average Bonchev–Trinajstić information content (AvgIpc) is 2.38. The van der Waals surface area contributed by atoms with Gasteiger partial charge < -0.3 is 15.8 Å². The van der Waals surface area contributed by atoms with Crippen LogP contribution < -0.4 is 15.8 Å². The van der Waals surface area contributed by atoms with Gasteiger partial charge in [-0.2, -0.15) is 0 Å². The second-order valence-electron chi connectivity index (χ2n) is 4.40. The zero-order valence-electron chi connectivity index (χ0n) is 11.4. The number of hydrogen-bond donors (Lipinski definition) is 2. The molecule has 0 spiro atoms. The van der Waals surface area contributed by atoms with E-state index in [0.717, 1.165) is 12.8 Å². The molecule has 0 radical (unpaired) electrons. The predicted octanol–water partition coefficient (Wildman–Crippen LogP) is 1.97.